The van der Waals surface area contributed by atoms with Crippen molar-refractivity contribution in [2.75, 3.05) is 0 Å². The molecule has 0 aliphatic carbocycles. The molecule has 18 heavy (non-hydrogen) atoms. The zero-order valence-corrected chi connectivity index (χ0v) is 10.5. The molecular weight excluding hydrogens is 258 g/mol. The third kappa shape index (κ3) is 3.85. The van der Waals surface area contributed by atoms with E-state index in [0.717, 1.165) is 11.3 Å². The highest BCUT2D eigenvalue weighted by atomic mass is 32.1. The van der Waals surface area contributed by atoms with Crippen molar-refractivity contribution in [2.45, 2.75) is 25.8 Å². The first-order valence-electron chi connectivity index (χ1n) is 5.28. The van der Waals surface area contributed by atoms with Gasteiger partial charge in [0.05, 0.1) is 11.3 Å². The molecule has 3 N–H and O–H groups in total. The Hall–Kier alpha value is -1.89. The number of nitrogens with one attached hydrogen (secondary N) is 1. The van der Waals surface area contributed by atoms with Crippen molar-refractivity contribution in [3.05, 3.63) is 21.9 Å². The summed E-state index contributed by atoms with van der Waals surface area (Å²) in [6, 6.07) is 1.97. The predicted molar refractivity (Wildman–Crippen MR) is 64.8 cm³/mol. The number of aryl methyl sites for hydroxylation is 1. The van der Waals surface area contributed by atoms with Gasteiger partial charge in [0.1, 0.15) is 6.04 Å². The number of rotatable bonds is 6. The summed E-state index contributed by atoms with van der Waals surface area (Å²) in [4.78, 5) is 34.4. The first-order valence-corrected chi connectivity index (χ1v) is 6.09. The topological polar surface area (TPSA) is 104 Å². The fraction of sp³-hybridized carbons (Fsp3) is 0.364. The van der Waals surface area contributed by atoms with Crippen LogP contribution in [-0.2, 0) is 16.0 Å². The van der Waals surface area contributed by atoms with Crippen molar-refractivity contribution in [2.24, 2.45) is 0 Å². The lowest BCUT2D eigenvalue weighted by Gasteiger charge is -2.11. The Labute approximate surface area is 107 Å². The van der Waals surface area contributed by atoms with Crippen LogP contribution >= 0.6 is 11.3 Å². The molecule has 0 spiro atoms. The molecule has 1 rings (SSSR count). The lowest BCUT2D eigenvalue weighted by Crippen LogP contribution is -2.41. The second kappa shape index (κ2) is 6.15. The molecule has 0 saturated carbocycles. The fourth-order valence-corrected chi connectivity index (χ4v) is 2.14. The number of hydrogen-bond acceptors (Lipinski definition) is 4. The predicted octanol–water partition coefficient (Wildman–Crippen LogP) is 0.968. The summed E-state index contributed by atoms with van der Waals surface area (Å²) in [6.07, 6.45) is 0.141. The van der Waals surface area contributed by atoms with Gasteiger partial charge in [-0.2, -0.15) is 0 Å². The molecular formula is C11H13NO5S. The Balaban J connectivity index is 2.71. The quantitative estimate of drug-likeness (QED) is 0.715. The highest BCUT2D eigenvalue weighted by Gasteiger charge is 2.24. The molecule has 0 aliphatic rings. The van der Waals surface area contributed by atoms with E-state index in [-0.39, 0.29) is 0 Å². The minimum Gasteiger partial charge on any atom is -0.481 e. The molecule has 0 aromatic carbocycles. The highest BCUT2D eigenvalue weighted by Crippen LogP contribution is 2.16. The van der Waals surface area contributed by atoms with Gasteiger partial charge in [-0.1, -0.05) is 6.92 Å². The Bertz CT molecular complexity index is 468. The van der Waals surface area contributed by atoms with Gasteiger partial charge in [-0.15, -0.1) is 11.3 Å². The Kier molecular flexibility index (Phi) is 4.85. The van der Waals surface area contributed by atoms with Crippen LogP contribution in [-0.4, -0.2) is 34.1 Å². The van der Waals surface area contributed by atoms with E-state index in [1.54, 1.807) is 12.1 Å². The van der Waals surface area contributed by atoms with Crippen LogP contribution in [0, 0.1) is 0 Å². The van der Waals surface area contributed by atoms with Crippen LogP contribution in [0.3, 0.4) is 0 Å². The van der Waals surface area contributed by atoms with Gasteiger partial charge >= 0.3 is 11.9 Å². The van der Waals surface area contributed by atoms with Gasteiger partial charge in [0, 0.05) is 4.88 Å². The van der Waals surface area contributed by atoms with Crippen molar-refractivity contribution in [1.82, 2.24) is 5.32 Å². The Morgan fingerprint density at radius 3 is 2.44 bits per heavy atom. The van der Waals surface area contributed by atoms with Crippen LogP contribution in [0.25, 0.3) is 0 Å². The normalized spacial score (nSPS) is 11.8. The molecule has 6 nitrogen and oxygen atoms in total. The van der Waals surface area contributed by atoms with Gasteiger partial charge in [-0.25, -0.2) is 4.79 Å². The second-order valence-electron chi connectivity index (χ2n) is 3.58. The number of carboxylic acid groups (broad SMARTS) is 2. The van der Waals surface area contributed by atoms with Crippen molar-refractivity contribution < 1.29 is 24.6 Å². The summed E-state index contributed by atoms with van der Waals surface area (Å²) in [6.45, 7) is 1.94. The van der Waals surface area contributed by atoms with Crippen LogP contribution < -0.4 is 5.32 Å². The molecule has 98 valence electrons. The van der Waals surface area contributed by atoms with Crippen LogP contribution in [0.5, 0.6) is 0 Å². The molecule has 1 aromatic heterocycles. The first kappa shape index (κ1) is 14.2. The third-order valence-corrected chi connectivity index (χ3v) is 3.44. The highest BCUT2D eigenvalue weighted by molar-refractivity contribution is 7.14. The minimum absolute atomic E-state index is 0.378. The zero-order valence-electron chi connectivity index (χ0n) is 9.67. The maximum atomic E-state index is 11.7. The molecule has 1 aromatic rings. The van der Waals surface area contributed by atoms with E-state index >= 15 is 0 Å². The molecule has 1 atom stereocenters. The van der Waals surface area contributed by atoms with Gasteiger partial charge in [-0.05, 0) is 18.6 Å². The summed E-state index contributed by atoms with van der Waals surface area (Å²) >= 11 is 1.26. The monoisotopic (exact) mass is 271 g/mol. The molecule has 0 aliphatic heterocycles. The average molecular weight is 271 g/mol. The molecule has 0 bridgehead atoms. The van der Waals surface area contributed by atoms with E-state index in [9.17, 15) is 14.4 Å². The van der Waals surface area contributed by atoms with Crippen molar-refractivity contribution in [3.63, 3.8) is 0 Å². The van der Waals surface area contributed by atoms with Crippen molar-refractivity contribution >= 4 is 29.2 Å². The van der Waals surface area contributed by atoms with Crippen molar-refractivity contribution in [3.8, 4) is 0 Å². The Morgan fingerprint density at radius 2 is 2.00 bits per heavy atom. The van der Waals surface area contributed by atoms with Crippen LogP contribution in [0.1, 0.15) is 27.9 Å². The molecule has 1 amide bonds. The summed E-state index contributed by atoms with van der Waals surface area (Å²) in [5.74, 6) is -3.20. The molecule has 0 saturated heterocycles. The van der Waals surface area contributed by atoms with Gasteiger partial charge < -0.3 is 15.5 Å². The molecule has 0 radical (unpaired) electrons. The van der Waals surface area contributed by atoms with Gasteiger partial charge in [0.25, 0.3) is 5.91 Å². The van der Waals surface area contributed by atoms with E-state index in [1.807, 2.05) is 6.92 Å². The maximum absolute atomic E-state index is 11.7. The lowest BCUT2D eigenvalue weighted by molar-refractivity contribution is -0.145. The largest absolute Gasteiger partial charge is 0.481 e. The summed E-state index contributed by atoms with van der Waals surface area (Å²) in [7, 11) is 0. The van der Waals surface area contributed by atoms with E-state index in [4.69, 9.17) is 10.2 Å². The average Bonchev–Trinajstić information content (AvgIpc) is 2.75. The van der Waals surface area contributed by atoms with E-state index in [0.29, 0.717) is 4.88 Å². The third-order valence-electron chi connectivity index (χ3n) is 2.22. The SMILES string of the molecule is CCc1ccc(C(=O)N[C@H](CC(=O)O)C(=O)O)s1. The summed E-state index contributed by atoms with van der Waals surface area (Å²) < 4.78 is 0. The molecule has 0 unspecified atom stereocenters. The first-order chi connectivity index (χ1) is 8.43. The number of amides is 1. The fourth-order valence-electron chi connectivity index (χ4n) is 1.29. The van der Waals surface area contributed by atoms with Gasteiger partial charge in [-0.3, -0.25) is 9.59 Å². The number of carbonyl (C=O) groups excluding carboxylic acids is 1. The smallest absolute Gasteiger partial charge is 0.326 e. The minimum atomic E-state index is -1.41. The molecule has 0 fully saturated rings. The van der Waals surface area contributed by atoms with Crippen LogP contribution in [0.2, 0.25) is 0 Å². The Morgan fingerprint density at radius 1 is 1.33 bits per heavy atom. The number of carboxylic acids is 2. The number of hydrogen-bond donors (Lipinski definition) is 3. The van der Waals surface area contributed by atoms with Crippen molar-refractivity contribution in [1.29, 1.82) is 0 Å². The summed E-state index contributed by atoms with van der Waals surface area (Å²) in [5, 5.41) is 19.5. The number of aliphatic carboxylic acids is 2. The number of carbonyl (C=O) groups is 3. The number of thiophene rings is 1. The second-order valence-corrected chi connectivity index (χ2v) is 4.75. The molecule has 7 heteroatoms. The van der Waals surface area contributed by atoms with Crippen LogP contribution in [0.15, 0.2) is 12.1 Å². The molecule has 1 heterocycles. The van der Waals surface area contributed by atoms with Crippen LogP contribution in [0.4, 0.5) is 0 Å². The standard InChI is InChI=1S/C11H13NO5S/c1-2-6-3-4-8(18-6)10(15)12-7(11(16)17)5-9(13)14/h3-4,7H,2,5H2,1H3,(H,12,15)(H,13,14)(H,16,17)/t7-/m1/s1. The van der Waals surface area contributed by atoms with Gasteiger partial charge in [0.2, 0.25) is 0 Å². The van der Waals surface area contributed by atoms with E-state index in [2.05, 4.69) is 5.32 Å². The maximum Gasteiger partial charge on any atom is 0.326 e. The zero-order chi connectivity index (χ0) is 13.7. The summed E-state index contributed by atoms with van der Waals surface area (Å²) in [5.41, 5.74) is 0. The van der Waals surface area contributed by atoms with E-state index in [1.165, 1.54) is 11.3 Å². The van der Waals surface area contributed by atoms with Gasteiger partial charge in [0.15, 0.2) is 0 Å². The lowest BCUT2D eigenvalue weighted by atomic mass is 10.2. The van der Waals surface area contributed by atoms with E-state index < -0.39 is 30.3 Å².